The van der Waals surface area contributed by atoms with E-state index in [4.69, 9.17) is 27.9 Å². The smallest absolute Gasteiger partial charge is 0.408 e. The molecule has 3 aliphatic rings. The van der Waals surface area contributed by atoms with Crippen LogP contribution in [0.15, 0.2) is 61.2 Å². The summed E-state index contributed by atoms with van der Waals surface area (Å²) < 4.78 is 6.02. The maximum absolute atomic E-state index is 13.8. The second-order valence-corrected chi connectivity index (χ2v) is 14.4. The summed E-state index contributed by atoms with van der Waals surface area (Å²) in [5, 5.41) is 10.4. The number of carbonyl (C=O) groups excluding carboxylic acids is 3. The van der Waals surface area contributed by atoms with Gasteiger partial charge in [-0.2, -0.15) is 0 Å². The lowest BCUT2D eigenvalue weighted by molar-refractivity contribution is -0.126. The van der Waals surface area contributed by atoms with E-state index in [1.807, 2.05) is 30.3 Å². The van der Waals surface area contributed by atoms with Gasteiger partial charge in [-0.05, 0) is 73.4 Å². The zero-order valence-corrected chi connectivity index (χ0v) is 28.1. The third kappa shape index (κ3) is 9.51. The first kappa shape index (κ1) is 34.3. The molecule has 3 unspecified atom stereocenters. The molecule has 1 heterocycles. The molecule has 2 aromatic rings. The summed E-state index contributed by atoms with van der Waals surface area (Å²) in [5.41, 5.74) is 1.55. The second-order valence-electron chi connectivity index (χ2n) is 13.5. The molecule has 9 heteroatoms. The van der Waals surface area contributed by atoms with Crippen LogP contribution in [0.25, 0.3) is 0 Å². The molecule has 2 saturated carbocycles. The number of halogens is 2. The molecule has 4 atom stereocenters. The number of hydrogen-bond acceptors (Lipinski definition) is 4. The summed E-state index contributed by atoms with van der Waals surface area (Å²) in [4.78, 5) is 40.3. The van der Waals surface area contributed by atoms with Crippen LogP contribution in [0.4, 0.5) is 4.79 Å². The van der Waals surface area contributed by atoms with E-state index in [9.17, 15) is 14.4 Å². The third-order valence-electron chi connectivity index (χ3n) is 10.0. The first-order valence-corrected chi connectivity index (χ1v) is 17.7. The molecule has 0 aromatic heterocycles. The van der Waals surface area contributed by atoms with E-state index >= 15 is 0 Å². The van der Waals surface area contributed by atoms with E-state index in [1.165, 1.54) is 12.8 Å². The molecule has 3 fully saturated rings. The van der Waals surface area contributed by atoms with Gasteiger partial charge in [0.2, 0.25) is 11.8 Å². The van der Waals surface area contributed by atoms with E-state index in [0.29, 0.717) is 35.2 Å². The zero-order valence-electron chi connectivity index (χ0n) is 26.6. The lowest BCUT2D eigenvalue weighted by Crippen LogP contribution is -2.50. The number of amides is 3. The second kappa shape index (κ2) is 16.2. The molecule has 248 valence electrons. The fraction of sp³-hybridized carbons (Fsp3) is 0.541. The molecule has 2 aliphatic carbocycles. The summed E-state index contributed by atoms with van der Waals surface area (Å²) >= 11 is 12.5. The lowest BCUT2D eigenvalue weighted by Gasteiger charge is -2.33. The van der Waals surface area contributed by atoms with E-state index in [0.717, 1.165) is 68.9 Å². The Bertz CT molecular complexity index is 1370. The number of hydrogen-bond donors (Lipinski definition) is 3. The van der Waals surface area contributed by atoms with Gasteiger partial charge in [0.15, 0.2) is 0 Å². The molecule has 1 aliphatic heterocycles. The number of benzene rings is 2. The summed E-state index contributed by atoms with van der Waals surface area (Å²) in [6, 6.07) is 13.5. The van der Waals surface area contributed by atoms with Gasteiger partial charge < -0.3 is 20.7 Å². The van der Waals surface area contributed by atoms with Crippen molar-refractivity contribution in [3.8, 4) is 0 Å². The molecule has 5 rings (SSSR count). The highest BCUT2D eigenvalue weighted by Gasteiger charge is 2.45. The fourth-order valence-corrected chi connectivity index (χ4v) is 8.05. The van der Waals surface area contributed by atoms with Crippen LogP contribution in [0, 0.1) is 11.8 Å². The average Bonchev–Trinajstić information content (AvgIpc) is 3.33. The lowest BCUT2D eigenvalue weighted by atomic mass is 9.78. The van der Waals surface area contributed by atoms with Gasteiger partial charge in [0.25, 0.3) is 0 Å². The predicted octanol–water partition coefficient (Wildman–Crippen LogP) is 8.24. The van der Waals surface area contributed by atoms with Crippen molar-refractivity contribution in [1.29, 1.82) is 0 Å². The van der Waals surface area contributed by atoms with Crippen molar-refractivity contribution in [2.24, 2.45) is 11.8 Å². The van der Waals surface area contributed by atoms with Gasteiger partial charge in [0.05, 0.1) is 0 Å². The van der Waals surface area contributed by atoms with Crippen LogP contribution >= 0.6 is 23.2 Å². The number of ether oxygens (including phenoxy) is 1. The minimum absolute atomic E-state index is 0.0650. The molecule has 1 saturated heterocycles. The van der Waals surface area contributed by atoms with Crippen molar-refractivity contribution >= 4 is 41.1 Å². The van der Waals surface area contributed by atoms with Crippen molar-refractivity contribution in [1.82, 2.24) is 16.0 Å². The van der Waals surface area contributed by atoms with Gasteiger partial charge in [0.1, 0.15) is 12.1 Å². The van der Waals surface area contributed by atoms with E-state index in [2.05, 4.69) is 22.5 Å². The number of alkyl carbamates (subject to hydrolysis) is 1. The Morgan fingerprint density at radius 3 is 2.35 bits per heavy atom. The zero-order chi connectivity index (χ0) is 32.5. The quantitative estimate of drug-likeness (QED) is 0.199. The average molecular weight is 669 g/mol. The molecular weight excluding hydrogens is 621 g/mol. The number of rotatable bonds is 12. The van der Waals surface area contributed by atoms with Gasteiger partial charge in [-0.15, -0.1) is 6.58 Å². The molecule has 1 spiro atoms. The molecule has 0 radical (unpaired) electrons. The van der Waals surface area contributed by atoms with Crippen molar-refractivity contribution < 1.29 is 19.1 Å². The first-order valence-electron chi connectivity index (χ1n) is 16.9. The Morgan fingerprint density at radius 2 is 1.65 bits per heavy atom. The minimum Gasteiger partial charge on any atom is -0.441 e. The van der Waals surface area contributed by atoms with Crippen LogP contribution in [-0.4, -0.2) is 35.5 Å². The van der Waals surface area contributed by atoms with Gasteiger partial charge >= 0.3 is 6.09 Å². The molecular formula is C37H47Cl2N3O4. The van der Waals surface area contributed by atoms with E-state index < -0.39 is 24.3 Å². The molecule has 2 aromatic carbocycles. The Hall–Kier alpha value is -3.03. The van der Waals surface area contributed by atoms with Gasteiger partial charge in [-0.25, -0.2) is 4.79 Å². The van der Waals surface area contributed by atoms with E-state index in [-0.39, 0.29) is 23.3 Å². The standard InChI is InChI=1S/C37H47Cl2N3O4/c1-2-31(23-28-24-37(42-34(28)43)17-7-4-8-18-37)40-35(44)32(20-25-11-5-3-6-12-25)41-36(45)46-33(27-14-10-16-30(39)22-27)21-26-13-9-15-29(38)19-26/h2,9-10,13-16,19,22,25,28,31-33H,1,3-8,11-12,17-18,20-21,23-24H2,(H,40,44)(H,41,45)(H,42,43)/t28?,31?,32-,33?/m0/s1. The molecule has 46 heavy (non-hydrogen) atoms. The monoisotopic (exact) mass is 667 g/mol. The third-order valence-corrected chi connectivity index (χ3v) is 10.5. The Labute approximate surface area is 283 Å². The predicted molar refractivity (Wildman–Crippen MR) is 183 cm³/mol. The van der Waals surface area contributed by atoms with Crippen LogP contribution in [-0.2, 0) is 20.7 Å². The highest BCUT2D eigenvalue weighted by molar-refractivity contribution is 6.30. The van der Waals surface area contributed by atoms with Crippen LogP contribution in [0.2, 0.25) is 10.0 Å². The maximum Gasteiger partial charge on any atom is 0.408 e. The van der Waals surface area contributed by atoms with Crippen molar-refractivity contribution in [2.45, 2.75) is 114 Å². The van der Waals surface area contributed by atoms with Gasteiger partial charge in [0, 0.05) is 34.0 Å². The first-order chi connectivity index (χ1) is 22.2. The Kier molecular flexibility index (Phi) is 12.1. The number of nitrogens with one attached hydrogen (secondary N) is 3. The minimum atomic E-state index is -0.786. The summed E-state index contributed by atoms with van der Waals surface area (Å²) in [7, 11) is 0. The summed E-state index contributed by atoms with van der Waals surface area (Å²) in [6.07, 6.45) is 13.6. The topological polar surface area (TPSA) is 96.5 Å². The fourth-order valence-electron chi connectivity index (χ4n) is 7.64. The Morgan fingerprint density at radius 1 is 0.957 bits per heavy atom. The summed E-state index contributed by atoms with van der Waals surface area (Å²) in [6.45, 7) is 3.97. The summed E-state index contributed by atoms with van der Waals surface area (Å²) in [5.74, 6) is -0.0717. The van der Waals surface area contributed by atoms with Crippen LogP contribution in [0.3, 0.4) is 0 Å². The highest BCUT2D eigenvalue weighted by atomic mass is 35.5. The van der Waals surface area contributed by atoms with Crippen LogP contribution in [0.1, 0.15) is 101 Å². The van der Waals surface area contributed by atoms with Crippen molar-refractivity contribution in [3.05, 3.63) is 82.4 Å². The molecule has 7 nitrogen and oxygen atoms in total. The van der Waals surface area contributed by atoms with Crippen LogP contribution < -0.4 is 16.0 Å². The maximum atomic E-state index is 13.8. The molecule has 0 bridgehead atoms. The van der Waals surface area contributed by atoms with Crippen LogP contribution in [0.5, 0.6) is 0 Å². The molecule has 3 N–H and O–H groups in total. The number of carbonyl (C=O) groups is 3. The largest absolute Gasteiger partial charge is 0.441 e. The normalized spacial score (nSPS) is 21.5. The Balaban J connectivity index is 1.27. The van der Waals surface area contributed by atoms with Crippen molar-refractivity contribution in [2.75, 3.05) is 0 Å². The van der Waals surface area contributed by atoms with Gasteiger partial charge in [-0.1, -0.05) is 105 Å². The SMILES string of the molecule is C=CC(CC1CC2(CCCCC2)NC1=O)NC(=O)[C@H](CC1CCCCC1)NC(=O)OC(Cc1cccc(Cl)c1)c1cccc(Cl)c1. The van der Waals surface area contributed by atoms with E-state index in [1.54, 1.807) is 24.3 Å². The highest BCUT2D eigenvalue weighted by Crippen LogP contribution is 2.39. The van der Waals surface area contributed by atoms with Gasteiger partial charge in [-0.3, -0.25) is 9.59 Å². The van der Waals surface area contributed by atoms with Crippen molar-refractivity contribution in [3.63, 3.8) is 0 Å². The molecule has 3 amide bonds.